The second-order valence-corrected chi connectivity index (χ2v) is 9.61. The number of benzene rings is 1. The van der Waals surface area contributed by atoms with Gasteiger partial charge in [-0.1, -0.05) is 12.1 Å². The van der Waals surface area contributed by atoms with Crippen molar-refractivity contribution >= 4 is 21.8 Å². The number of nitriles is 1. The molecule has 1 aromatic heterocycles. The van der Waals surface area contributed by atoms with Crippen molar-refractivity contribution in [1.82, 2.24) is 14.2 Å². The molecule has 0 bridgehead atoms. The van der Waals surface area contributed by atoms with Crippen LogP contribution < -0.4 is 0 Å². The summed E-state index contributed by atoms with van der Waals surface area (Å²) in [4.78, 5) is 30.0. The summed E-state index contributed by atoms with van der Waals surface area (Å²) in [5.41, 5.74) is 1.93. The number of esters is 1. The molecule has 0 radical (unpaired) electrons. The van der Waals surface area contributed by atoms with Crippen LogP contribution in [0.25, 0.3) is 0 Å². The number of rotatable bonds is 6. The number of aromatic nitrogens is 1. The average Bonchev–Trinajstić information content (AvgIpc) is 3.11. The number of hydrogen-bond donors (Lipinski definition) is 1. The van der Waals surface area contributed by atoms with Gasteiger partial charge >= 0.3 is 5.97 Å². The number of piperazine rings is 1. The van der Waals surface area contributed by atoms with Crippen molar-refractivity contribution in [1.29, 1.82) is 5.26 Å². The molecule has 1 N–H and O–H groups in total. The van der Waals surface area contributed by atoms with Crippen molar-refractivity contribution in [3.63, 3.8) is 0 Å². The molecule has 0 saturated carbocycles. The summed E-state index contributed by atoms with van der Waals surface area (Å²) >= 11 is 0. The number of H-pyrrole nitrogens is 1. The Bertz CT molecular complexity index is 1190. The molecule has 2 heterocycles. The van der Waals surface area contributed by atoms with Gasteiger partial charge < -0.3 is 9.72 Å². The maximum absolute atomic E-state index is 13.1. The van der Waals surface area contributed by atoms with Crippen LogP contribution in [0.15, 0.2) is 29.2 Å². The summed E-state index contributed by atoms with van der Waals surface area (Å²) < 4.78 is 32.2. The Labute approximate surface area is 187 Å². The quantitative estimate of drug-likeness (QED) is 0.518. The van der Waals surface area contributed by atoms with E-state index >= 15 is 0 Å². The molecule has 10 heteroatoms. The molecule has 2 aromatic rings. The van der Waals surface area contributed by atoms with Crippen LogP contribution in [0.4, 0.5) is 0 Å². The van der Waals surface area contributed by atoms with Crippen molar-refractivity contribution < 1.29 is 22.7 Å². The van der Waals surface area contributed by atoms with Crippen molar-refractivity contribution in [3.05, 3.63) is 52.3 Å². The number of ether oxygens (including phenoxy) is 1. The van der Waals surface area contributed by atoms with Crippen LogP contribution in [-0.2, 0) is 14.8 Å². The summed E-state index contributed by atoms with van der Waals surface area (Å²) in [6.07, 6.45) is 0. The van der Waals surface area contributed by atoms with Crippen molar-refractivity contribution in [2.45, 2.75) is 31.7 Å². The fraction of sp³-hybridized carbons (Fsp3) is 0.409. The lowest BCUT2D eigenvalue weighted by Gasteiger charge is -2.36. The van der Waals surface area contributed by atoms with Crippen LogP contribution in [0.3, 0.4) is 0 Å². The topological polar surface area (TPSA) is 124 Å². The molecular weight excluding hydrogens is 432 g/mol. The van der Waals surface area contributed by atoms with Crippen LogP contribution in [0, 0.1) is 25.2 Å². The Morgan fingerprint density at radius 1 is 1.16 bits per heavy atom. The highest BCUT2D eigenvalue weighted by Crippen LogP contribution is 2.24. The van der Waals surface area contributed by atoms with Gasteiger partial charge in [-0.2, -0.15) is 9.57 Å². The van der Waals surface area contributed by atoms with Crippen LogP contribution in [-0.4, -0.2) is 73.7 Å². The van der Waals surface area contributed by atoms with Gasteiger partial charge in [0, 0.05) is 31.9 Å². The minimum atomic E-state index is -3.81. The Kier molecular flexibility index (Phi) is 6.83. The second kappa shape index (κ2) is 9.24. The number of aromatic amines is 1. The zero-order valence-electron chi connectivity index (χ0n) is 18.5. The van der Waals surface area contributed by atoms with Crippen molar-refractivity contribution in [3.8, 4) is 6.07 Å². The normalized spacial score (nSPS) is 16.3. The van der Waals surface area contributed by atoms with Gasteiger partial charge in [-0.3, -0.25) is 9.69 Å². The third-order valence-electron chi connectivity index (χ3n) is 5.90. The standard InChI is InChI=1S/C22H26N4O5S/c1-14-19(22(28)31-4)15(2)24-20(14)21(27)16(3)25-9-11-26(12-10-25)32(29,30)18-8-6-5-7-17(18)13-23/h5-8,16,24H,9-12H2,1-4H3/t16-/m0/s1. The molecule has 1 atom stereocenters. The van der Waals surface area contributed by atoms with Crippen molar-refractivity contribution in [2.75, 3.05) is 33.3 Å². The number of carbonyl (C=O) groups excluding carboxylic acids is 2. The highest BCUT2D eigenvalue weighted by molar-refractivity contribution is 7.89. The van der Waals surface area contributed by atoms with Gasteiger partial charge in [0.1, 0.15) is 6.07 Å². The first kappa shape index (κ1) is 23.7. The van der Waals surface area contributed by atoms with E-state index in [2.05, 4.69) is 4.98 Å². The molecule has 1 fully saturated rings. The predicted octanol–water partition coefficient (Wildman–Crippen LogP) is 1.87. The first-order valence-corrected chi connectivity index (χ1v) is 11.6. The number of nitrogens with zero attached hydrogens (tertiary/aromatic N) is 3. The number of methoxy groups -OCH3 is 1. The second-order valence-electron chi connectivity index (χ2n) is 7.70. The zero-order valence-corrected chi connectivity index (χ0v) is 19.3. The highest BCUT2D eigenvalue weighted by Gasteiger charge is 2.34. The third-order valence-corrected chi connectivity index (χ3v) is 7.86. The number of Topliss-reactive ketones (excluding diaryl/α,β-unsaturated/α-hetero) is 1. The molecule has 170 valence electrons. The SMILES string of the molecule is COC(=O)c1c(C)[nH]c(C(=O)[C@H](C)N2CCN(S(=O)(=O)c3ccccc3C#N)CC2)c1C. The average molecular weight is 459 g/mol. The lowest BCUT2D eigenvalue weighted by atomic mass is 10.0. The minimum Gasteiger partial charge on any atom is -0.465 e. The lowest BCUT2D eigenvalue weighted by molar-refractivity contribution is 0.0599. The predicted molar refractivity (Wildman–Crippen MR) is 117 cm³/mol. The van der Waals surface area contributed by atoms with E-state index in [4.69, 9.17) is 4.74 Å². The highest BCUT2D eigenvalue weighted by atomic mass is 32.2. The molecule has 32 heavy (non-hydrogen) atoms. The molecular formula is C22H26N4O5S. The van der Waals surface area contributed by atoms with Crippen LogP contribution in [0.1, 0.15) is 44.6 Å². The van der Waals surface area contributed by atoms with Crippen LogP contribution in [0.2, 0.25) is 0 Å². The monoisotopic (exact) mass is 458 g/mol. The number of aryl methyl sites for hydroxylation is 1. The summed E-state index contributed by atoms with van der Waals surface area (Å²) in [5, 5.41) is 9.25. The minimum absolute atomic E-state index is 0.00657. The molecule has 0 aliphatic carbocycles. The van der Waals surface area contributed by atoms with Gasteiger partial charge in [-0.15, -0.1) is 0 Å². The van der Waals surface area contributed by atoms with E-state index in [1.807, 2.05) is 11.0 Å². The van der Waals surface area contributed by atoms with Gasteiger partial charge in [0.05, 0.1) is 34.9 Å². The Morgan fingerprint density at radius 2 is 1.78 bits per heavy atom. The molecule has 1 saturated heterocycles. The van der Waals surface area contributed by atoms with Gasteiger partial charge in [0.15, 0.2) is 5.78 Å². The summed E-state index contributed by atoms with van der Waals surface area (Å²) in [5.74, 6) is -0.675. The van der Waals surface area contributed by atoms with Crippen LogP contribution in [0.5, 0.6) is 0 Å². The van der Waals surface area contributed by atoms with E-state index in [-0.39, 0.29) is 29.3 Å². The first-order chi connectivity index (χ1) is 15.1. The zero-order chi connectivity index (χ0) is 23.6. The van der Waals surface area contributed by atoms with E-state index in [1.165, 1.54) is 23.5 Å². The van der Waals surface area contributed by atoms with E-state index in [0.29, 0.717) is 35.6 Å². The maximum atomic E-state index is 13.1. The number of ketones is 1. The maximum Gasteiger partial charge on any atom is 0.339 e. The Hall–Kier alpha value is -3.00. The molecule has 0 amide bonds. The molecule has 1 aliphatic rings. The van der Waals surface area contributed by atoms with E-state index < -0.39 is 22.0 Å². The van der Waals surface area contributed by atoms with Gasteiger partial charge in [-0.05, 0) is 38.5 Å². The van der Waals surface area contributed by atoms with E-state index in [9.17, 15) is 23.3 Å². The number of carbonyl (C=O) groups is 2. The van der Waals surface area contributed by atoms with E-state index in [0.717, 1.165) is 0 Å². The molecule has 3 rings (SSSR count). The fourth-order valence-corrected chi connectivity index (χ4v) is 5.60. The Balaban J connectivity index is 1.74. The lowest BCUT2D eigenvalue weighted by Crippen LogP contribution is -2.53. The third kappa shape index (κ3) is 4.19. The summed E-state index contributed by atoms with van der Waals surface area (Å²) in [7, 11) is -2.51. The molecule has 1 aromatic carbocycles. The van der Waals surface area contributed by atoms with Gasteiger partial charge in [0.25, 0.3) is 0 Å². The number of hydrogen-bond acceptors (Lipinski definition) is 7. The number of nitrogens with one attached hydrogen (secondary N) is 1. The number of sulfonamides is 1. The first-order valence-electron chi connectivity index (χ1n) is 10.2. The smallest absolute Gasteiger partial charge is 0.339 e. The Morgan fingerprint density at radius 3 is 2.38 bits per heavy atom. The molecule has 0 spiro atoms. The molecule has 1 aliphatic heterocycles. The van der Waals surface area contributed by atoms with Gasteiger partial charge in [0.2, 0.25) is 10.0 Å². The van der Waals surface area contributed by atoms with Crippen LogP contribution >= 0.6 is 0 Å². The van der Waals surface area contributed by atoms with E-state index in [1.54, 1.807) is 32.9 Å². The van der Waals surface area contributed by atoms with Crippen molar-refractivity contribution in [2.24, 2.45) is 0 Å². The molecule has 9 nitrogen and oxygen atoms in total. The summed E-state index contributed by atoms with van der Waals surface area (Å²) in [6.45, 7) is 6.32. The van der Waals surface area contributed by atoms with Gasteiger partial charge in [-0.25, -0.2) is 13.2 Å². The summed E-state index contributed by atoms with van der Waals surface area (Å²) in [6, 6.07) is 7.55. The fourth-order valence-electron chi connectivity index (χ4n) is 4.03. The largest absolute Gasteiger partial charge is 0.465 e. The molecule has 0 unspecified atom stereocenters.